The summed E-state index contributed by atoms with van der Waals surface area (Å²) in [6, 6.07) is 5.59. The van der Waals surface area contributed by atoms with Crippen molar-refractivity contribution in [2.24, 2.45) is 14.1 Å². The molecule has 1 aliphatic heterocycles. The van der Waals surface area contributed by atoms with Crippen molar-refractivity contribution in [2.45, 2.75) is 37.5 Å². The summed E-state index contributed by atoms with van der Waals surface area (Å²) < 4.78 is 6.14. The van der Waals surface area contributed by atoms with E-state index in [-0.39, 0.29) is 23.7 Å². The molecule has 0 aliphatic carbocycles. The van der Waals surface area contributed by atoms with Gasteiger partial charge in [0.15, 0.2) is 22.1 Å². The van der Waals surface area contributed by atoms with E-state index in [1.165, 1.54) is 27.2 Å². The molecule has 13 heteroatoms. The van der Waals surface area contributed by atoms with Gasteiger partial charge in [0.05, 0.1) is 12.9 Å². The van der Waals surface area contributed by atoms with Crippen LogP contribution in [0.2, 0.25) is 0 Å². The zero-order valence-electron chi connectivity index (χ0n) is 19.5. The van der Waals surface area contributed by atoms with Crippen LogP contribution >= 0.6 is 11.8 Å². The predicted octanol–water partition coefficient (Wildman–Crippen LogP) is 0.714. The Morgan fingerprint density at radius 2 is 1.94 bits per heavy atom. The van der Waals surface area contributed by atoms with Crippen molar-refractivity contribution in [3.8, 4) is 5.82 Å². The number of aromatic nitrogens is 8. The first-order valence-corrected chi connectivity index (χ1v) is 12.3. The van der Waals surface area contributed by atoms with Crippen molar-refractivity contribution in [3.05, 3.63) is 57.4 Å². The van der Waals surface area contributed by atoms with Crippen molar-refractivity contribution in [1.82, 2.24) is 43.3 Å². The van der Waals surface area contributed by atoms with Crippen LogP contribution in [0.4, 0.5) is 0 Å². The summed E-state index contributed by atoms with van der Waals surface area (Å²) >= 11 is 1.47. The van der Waals surface area contributed by atoms with Gasteiger partial charge in [-0.3, -0.25) is 23.3 Å². The largest absolute Gasteiger partial charge is 0.335 e. The van der Waals surface area contributed by atoms with Crippen LogP contribution in [-0.4, -0.2) is 61.5 Å². The van der Waals surface area contributed by atoms with Crippen LogP contribution in [0, 0.1) is 0 Å². The number of hydrogen-bond acceptors (Lipinski definition) is 8. The number of rotatable bonds is 8. The summed E-state index contributed by atoms with van der Waals surface area (Å²) in [6.07, 6.45) is 5.21. The van der Waals surface area contributed by atoms with E-state index in [4.69, 9.17) is 0 Å². The van der Waals surface area contributed by atoms with E-state index < -0.39 is 0 Å². The lowest BCUT2D eigenvalue weighted by atomic mass is 10.4. The van der Waals surface area contributed by atoms with E-state index in [0.717, 1.165) is 6.42 Å². The minimum atomic E-state index is -0.389. The minimum Gasteiger partial charge on any atom is -0.335 e. The maximum absolute atomic E-state index is 12.9. The third-order valence-corrected chi connectivity index (χ3v) is 7.06. The van der Waals surface area contributed by atoms with Crippen molar-refractivity contribution in [2.75, 3.05) is 12.3 Å². The molecular weight excluding hydrogens is 470 g/mol. The van der Waals surface area contributed by atoms with E-state index in [0.29, 0.717) is 59.6 Å². The molecule has 1 fully saturated rings. The van der Waals surface area contributed by atoms with E-state index >= 15 is 0 Å². The summed E-state index contributed by atoms with van der Waals surface area (Å²) in [5.74, 6) is 2.04. The van der Waals surface area contributed by atoms with E-state index in [2.05, 4.69) is 20.2 Å². The Morgan fingerprint density at radius 1 is 1.09 bits per heavy atom. The molecule has 1 saturated heterocycles. The number of carbonyl (C=O) groups is 1. The number of nitrogens with zero attached hydrogens (tertiary/aromatic N) is 9. The molecule has 0 unspecified atom stereocenters. The van der Waals surface area contributed by atoms with Crippen LogP contribution in [0.3, 0.4) is 0 Å². The van der Waals surface area contributed by atoms with Crippen molar-refractivity contribution >= 4 is 28.8 Å². The topological polar surface area (TPSA) is 126 Å². The Hall–Kier alpha value is -3.74. The first-order chi connectivity index (χ1) is 17.0. The van der Waals surface area contributed by atoms with E-state index in [1.807, 2.05) is 22.8 Å². The van der Waals surface area contributed by atoms with Gasteiger partial charge in [-0.15, -0.1) is 10.2 Å². The molecule has 12 nitrogen and oxygen atoms in total. The fourth-order valence-corrected chi connectivity index (χ4v) is 5.12. The Morgan fingerprint density at radius 3 is 2.69 bits per heavy atom. The lowest BCUT2D eigenvalue weighted by molar-refractivity contribution is -0.128. The first-order valence-electron chi connectivity index (χ1n) is 11.3. The van der Waals surface area contributed by atoms with Crippen molar-refractivity contribution in [3.63, 3.8) is 0 Å². The normalized spacial score (nSPS) is 13.9. The molecule has 1 amide bonds. The molecule has 5 rings (SSSR count). The second-order valence-electron chi connectivity index (χ2n) is 8.37. The average molecular weight is 496 g/mol. The SMILES string of the molecule is Cn1cnc2c1c(=O)n(CCCSc1nnc(CN3CCCC3=O)n1-c1ccccn1)c(=O)n2C. The number of fused-ring (bicyclic) bond motifs is 1. The smallest absolute Gasteiger partial charge is 0.332 e. The summed E-state index contributed by atoms with van der Waals surface area (Å²) in [5.41, 5.74) is 0.0408. The van der Waals surface area contributed by atoms with Gasteiger partial charge in [0.1, 0.15) is 5.82 Å². The van der Waals surface area contributed by atoms with Gasteiger partial charge in [-0.2, -0.15) is 0 Å². The van der Waals surface area contributed by atoms with Crippen molar-refractivity contribution < 1.29 is 4.79 Å². The van der Waals surface area contributed by atoms with Crippen LogP contribution in [0.25, 0.3) is 17.0 Å². The molecule has 0 N–H and O–H groups in total. The third kappa shape index (κ3) is 4.27. The number of likely N-dealkylation sites (tertiary alicyclic amines) is 1. The molecule has 4 aromatic rings. The maximum Gasteiger partial charge on any atom is 0.332 e. The molecule has 0 saturated carbocycles. The second kappa shape index (κ2) is 9.49. The highest BCUT2D eigenvalue weighted by molar-refractivity contribution is 7.99. The van der Waals surface area contributed by atoms with E-state index in [1.54, 1.807) is 29.8 Å². The molecule has 0 bridgehead atoms. The molecule has 5 heterocycles. The Balaban J connectivity index is 1.34. The summed E-state index contributed by atoms with van der Waals surface area (Å²) in [4.78, 5) is 48.1. The van der Waals surface area contributed by atoms with Gasteiger partial charge in [0, 0.05) is 45.6 Å². The van der Waals surface area contributed by atoms with Crippen molar-refractivity contribution in [1.29, 1.82) is 0 Å². The van der Waals surface area contributed by atoms with Gasteiger partial charge in [-0.05, 0) is 25.0 Å². The lowest BCUT2D eigenvalue weighted by Gasteiger charge is -2.16. The van der Waals surface area contributed by atoms with Crippen LogP contribution in [-0.2, 0) is 32.0 Å². The fourth-order valence-electron chi connectivity index (χ4n) is 4.23. The molecule has 0 radical (unpaired) electrons. The van der Waals surface area contributed by atoms with Gasteiger partial charge in [-0.1, -0.05) is 17.8 Å². The molecule has 35 heavy (non-hydrogen) atoms. The van der Waals surface area contributed by atoms with Gasteiger partial charge >= 0.3 is 5.69 Å². The number of amides is 1. The van der Waals surface area contributed by atoms with Crippen LogP contribution < -0.4 is 11.2 Å². The highest BCUT2D eigenvalue weighted by Crippen LogP contribution is 2.23. The summed E-state index contributed by atoms with van der Waals surface area (Å²) in [5, 5.41) is 9.34. The quantitative estimate of drug-likeness (QED) is 0.259. The number of thioether (sulfide) groups is 1. The van der Waals surface area contributed by atoms with Crippen LogP contribution in [0.15, 0.2) is 45.5 Å². The second-order valence-corrected chi connectivity index (χ2v) is 9.43. The monoisotopic (exact) mass is 495 g/mol. The fraction of sp³-hybridized carbons (Fsp3) is 0.409. The number of carbonyl (C=O) groups excluding carboxylic acids is 1. The predicted molar refractivity (Wildman–Crippen MR) is 129 cm³/mol. The molecule has 0 aromatic carbocycles. The standard InChI is InChI=1S/C22H25N9O3S/c1-27-14-24-19-18(27)20(33)30(22(34)28(19)2)11-6-12-35-21-26-25-16(13-29-10-5-8-17(29)32)31(21)15-7-3-4-9-23-15/h3-4,7,9,14H,5-6,8,10-13H2,1-2H3. The molecular formula is C22H25N9O3S. The highest BCUT2D eigenvalue weighted by Gasteiger charge is 2.24. The number of hydrogen-bond donors (Lipinski definition) is 0. The van der Waals surface area contributed by atoms with Gasteiger partial charge in [-0.25, -0.2) is 14.8 Å². The Kier molecular flexibility index (Phi) is 6.24. The van der Waals surface area contributed by atoms with Crippen LogP contribution in [0.5, 0.6) is 0 Å². The zero-order chi connectivity index (χ0) is 24.5. The Bertz CT molecular complexity index is 1500. The molecule has 182 valence electrons. The van der Waals surface area contributed by atoms with Gasteiger partial charge in [0.2, 0.25) is 5.91 Å². The number of imidazole rings is 1. The number of pyridine rings is 1. The minimum absolute atomic E-state index is 0.118. The summed E-state index contributed by atoms with van der Waals surface area (Å²) in [6.45, 7) is 1.35. The molecule has 0 atom stereocenters. The lowest BCUT2D eigenvalue weighted by Crippen LogP contribution is -2.39. The molecule has 4 aromatic heterocycles. The van der Waals surface area contributed by atoms with E-state index in [9.17, 15) is 14.4 Å². The zero-order valence-corrected chi connectivity index (χ0v) is 20.3. The highest BCUT2D eigenvalue weighted by atomic mass is 32.2. The average Bonchev–Trinajstić information content (AvgIpc) is 3.57. The van der Waals surface area contributed by atoms with Crippen LogP contribution in [0.1, 0.15) is 25.1 Å². The Labute approximate surface area is 204 Å². The summed E-state index contributed by atoms with van der Waals surface area (Å²) in [7, 11) is 3.35. The third-order valence-electron chi connectivity index (χ3n) is 6.04. The maximum atomic E-state index is 12.9. The first kappa shape index (κ1) is 23.0. The number of aryl methyl sites for hydroxylation is 2. The van der Waals surface area contributed by atoms with Gasteiger partial charge < -0.3 is 9.47 Å². The van der Waals surface area contributed by atoms with Gasteiger partial charge in [0.25, 0.3) is 5.56 Å². The molecule has 1 aliphatic rings. The molecule has 0 spiro atoms.